The van der Waals surface area contributed by atoms with Crippen molar-refractivity contribution in [2.24, 2.45) is 0 Å². The number of carbonyl (C=O) groups is 2. The van der Waals surface area contributed by atoms with Crippen LogP contribution in [0, 0.1) is 6.92 Å². The van der Waals surface area contributed by atoms with Gasteiger partial charge in [-0.25, -0.2) is 0 Å². The Balaban J connectivity index is 2.04. The van der Waals surface area contributed by atoms with Gasteiger partial charge in [-0.05, 0) is 43.5 Å². The molecular formula is C14H17NO4. The molecule has 5 heteroatoms. The molecule has 1 N–H and O–H groups in total. The Labute approximate surface area is 111 Å². The van der Waals surface area contributed by atoms with Gasteiger partial charge in [0.2, 0.25) is 0 Å². The summed E-state index contributed by atoms with van der Waals surface area (Å²) < 4.78 is 10.3. The largest absolute Gasteiger partial charge is 0.427 e. The third kappa shape index (κ3) is 3.54. The topological polar surface area (TPSA) is 64.6 Å². The predicted octanol–water partition coefficient (Wildman–Crippen LogP) is 2.04. The van der Waals surface area contributed by atoms with Crippen LogP contribution in [-0.4, -0.2) is 24.6 Å². The minimum absolute atomic E-state index is 0.124. The number of ether oxygens (including phenoxy) is 2. The van der Waals surface area contributed by atoms with Crippen molar-refractivity contribution >= 4 is 17.6 Å². The third-order valence-corrected chi connectivity index (χ3v) is 2.94. The number of amides is 1. The van der Waals surface area contributed by atoms with E-state index in [-0.39, 0.29) is 18.0 Å². The number of hydrogen-bond acceptors (Lipinski definition) is 4. The molecule has 2 rings (SSSR count). The Morgan fingerprint density at radius 2 is 2.21 bits per heavy atom. The molecule has 0 aliphatic carbocycles. The molecule has 0 saturated carbocycles. The van der Waals surface area contributed by atoms with Crippen LogP contribution >= 0.6 is 0 Å². The smallest absolute Gasteiger partial charge is 0.308 e. The second-order valence-electron chi connectivity index (χ2n) is 4.56. The van der Waals surface area contributed by atoms with Gasteiger partial charge in [-0.15, -0.1) is 0 Å². The summed E-state index contributed by atoms with van der Waals surface area (Å²) in [7, 11) is 0. The molecule has 1 unspecified atom stereocenters. The summed E-state index contributed by atoms with van der Waals surface area (Å²) in [4.78, 5) is 22.8. The van der Waals surface area contributed by atoms with E-state index in [0.717, 1.165) is 18.4 Å². The number of hydrogen-bond donors (Lipinski definition) is 1. The van der Waals surface area contributed by atoms with Crippen molar-refractivity contribution in [3.05, 3.63) is 23.8 Å². The fourth-order valence-electron chi connectivity index (χ4n) is 2.00. The van der Waals surface area contributed by atoms with Crippen LogP contribution in [0.1, 0.15) is 25.3 Å². The molecule has 102 valence electrons. The maximum Gasteiger partial charge on any atom is 0.308 e. The van der Waals surface area contributed by atoms with E-state index >= 15 is 0 Å². The Kier molecular flexibility index (Phi) is 4.16. The van der Waals surface area contributed by atoms with Gasteiger partial charge in [0.1, 0.15) is 11.9 Å². The van der Waals surface area contributed by atoms with E-state index in [0.29, 0.717) is 18.0 Å². The Bertz CT molecular complexity index is 492. The summed E-state index contributed by atoms with van der Waals surface area (Å²) in [6.07, 6.45) is 1.33. The summed E-state index contributed by atoms with van der Waals surface area (Å²) in [5.74, 6) is -0.0171. The van der Waals surface area contributed by atoms with Gasteiger partial charge in [0.25, 0.3) is 5.91 Å². The van der Waals surface area contributed by atoms with E-state index in [1.165, 1.54) is 6.92 Å². The lowest BCUT2D eigenvalue weighted by Gasteiger charge is -2.13. The van der Waals surface area contributed by atoms with Gasteiger partial charge < -0.3 is 14.8 Å². The minimum Gasteiger partial charge on any atom is -0.427 e. The van der Waals surface area contributed by atoms with Crippen LogP contribution in [0.5, 0.6) is 5.75 Å². The molecule has 1 aromatic rings. The van der Waals surface area contributed by atoms with E-state index < -0.39 is 0 Å². The average molecular weight is 263 g/mol. The quantitative estimate of drug-likeness (QED) is 0.669. The third-order valence-electron chi connectivity index (χ3n) is 2.94. The maximum absolute atomic E-state index is 11.9. The zero-order chi connectivity index (χ0) is 13.8. The lowest BCUT2D eigenvalue weighted by atomic mass is 10.1. The van der Waals surface area contributed by atoms with E-state index in [4.69, 9.17) is 9.47 Å². The number of anilines is 1. The van der Waals surface area contributed by atoms with Gasteiger partial charge >= 0.3 is 5.97 Å². The summed E-state index contributed by atoms with van der Waals surface area (Å²) in [6.45, 7) is 3.84. The summed E-state index contributed by atoms with van der Waals surface area (Å²) >= 11 is 0. The lowest BCUT2D eigenvalue weighted by molar-refractivity contribution is -0.132. The molecule has 19 heavy (non-hydrogen) atoms. The zero-order valence-electron chi connectivity index (χ0n) is 11.1. The van der Waals surface area contributed by atoms with Crippen LogP contribution in [0.4, 0.5) is 5.69 Å². The first kappa shape index (κ1) is 13.5. The van der Waals surface area contributed by atoms with Gasteiger partial charge in [0, 0.05) is 19.2 Å². The molecule has 1 heterocycles. The van der Waals surface area contributed by atoms with Crippen molar-refractivity contribution in [2.75, 3.05) is 11.9 Å². The van der Waals surface area contributed by atoms with Crippen LogP contribution in [0.3, 0.4) is 0 Å². The highest BCUT2D eigenvalue weighted by Gasteiger charge is 2.23. The monoisotopic (exact) mass is 263 g/mol. The van der Waals surface area contributed by atoms with Gasteiger partial charge in [0.05, 0.1) is 0 Å². The number of esters is 1. The first-order chi connectivity index (χ1) is 9.06. The average Bonchev–Trinajstić information content (AvgIpc) is 2.85. The molecule has 0 radical (unpaired) electrons. The highest BCUT2D eigenvalue weighted by molar-refractivity contribution is 5.95. The van der Waals surface area contributed by atoms with Crippen LogP contribution in [0.2, 0.25) is 0 Å². The number of rotatable bonds is 3. The second kappa shape index (κ2) is 5.84. The molecule has 1 aliphatic heterocycles. The Morgan fingerprint density at radius 1 is 1.42 bits per heavy atom. The number of aryl methyl sites for hydroxylation is 1. The van der Waals surface area contributed by atoms with Crippen LogP contribution in [0.15, 0.2) is 18.2 Å². The van der Waals surface area contributed by atoms with E-state index in [9.17, 15) is 9.59 Å². The number of nitrogens with one attached hydrogen (secondary N) is 1. The standard InChI is InChI=1S/C14H17NO4/c1-9-8-11(19-10(2)16)5-6-12(9)15-14(17)13-4-3-7-18-13/h5-6,8,13H,3-4,7H2,1-2H3,(H,15,17). The van der Waals surface area contributed by atoms with Gasteiger partial charge in [-0.2, -0.15) is 0 Å². The van der Waals surface area contributed by atoms with Gasteiger partial charge in [-0.1, -0.05) is 0 Å². The van der Waals surface area contributed by atoms with E-state index in [2.05, 4.69) is 5.32 Å². The summed E-state index contributed by atoms with van der Waals surface area (Å²) in [5.41, 5.74) is 1.54. The Hall–Kier alpha value is -1.88. The van der Waals surface area contributed by atoms with Crippen LogP contribution < -0.4 is 10.1 Å². The van der Waals surface area contributed by atoms with Gasteiger partial charge in [0.15, 0.2) is 0 Å². The number of benzene rings is 1. The molecule has 1 saturated heterocycles. The summed E-state index contributed by atoms with van der Waals surface area (Å²) in [5, 5.41) is 2.83. The molecule has 0 bridgehead atoms. The maximum atomic E-state index is 11.9. The van der Waals surface area contributed by atoms with Crippen molar-refractivity contribution in [2.45, 2.75) is 32.8 Å². The van der Waals surface area contributed by atoms with Crippen LogP contribution in [0.25, 0.3) is 0 Å². The first-order valence-corrected chi connectivity index (χ1v) is 6.28. The highest BCUT2D eigenvalue weighted by atomic mass is 16.5. The van der Waals surface area contributed by atoms with E-state index in [1.54, 1.807) is 18.2 Å². The molecule has 0 aromatic heterocycles. The first-order valence-electron chi connectivity index (χ1n) is 6.28. The normalized spacial score (nSPS) is 18.1. The highest BCUT2D eigenvalue weighted by Crippen LogP contribution is 2.23. The lowest BCUT2D eigenvalue weighted by Crippen LogP contribution is -2.27. The van der Waals surface area contributed by atoms with Crippen molar-refractivity contribution in [3.8, 4) is 5.75 Å². The number of carbonyl (C=O) groups excluding carboxylic acids is 2. The minimum atomic E-state index is -0.365. The predicted molar refractivity (Wildman–Crippen MR) is 70.1 cm³/mol. The molecular weight excluding hydrogens is 246 g/mol. The summed E-state index contributed by atoms with van der Waals surface area (Å²) in [6, 6.07) is 5.09. The van der Waals surface area contributed by atoms with Crippen molar-refractivity contribution < 1.29 is 19.1 Å². The Morgan fingerprint density at radius 3 is 2.79 bits per heavy atom. The molecule has 1 aromatic carbocycles. The zero-order valence-corrected chi connectivity index (χ0v) is 11.1. The van der Waals surface area contributed by atoms with Crippen molar-refractivity contribution in [1.29, 1.82) is 0 Å². The fraction of sp³-hybridized carbons (Fsp3) is 0.429. The SMILES string of the molecule is CC(=O)Oc1ccc(NC(=O)C2CCCO2)c(C)c1. The molecule has 0 spiro atoms. The van der Waals surface area contributed by atoms with Crippen molar-refractivity contribution in [3.63, 3.8) is 0 Å². The van der Waals surface area contributed by atoms with E-state index in [1.807, 2.05) is 6.92 Å². The molecule has 1 amide bonds. The molecule has 1 atom stereocenters. The molecule has 5 nitrogen and oxygen atoms in total. The van der Waals surface area contributed by atoms with Crippen molar-refractivity contribution in [1.82, 2.24) is 0 Å². The fourth-order valence-corrected chi connectivity index (χ4v) is 2.00. The van der Waals surface area contributed by atoms with Gasteiger partial charge in [-0.3, -0.25) is 9.59 Å². The molecule has 1 fully saturated rings. The second-order valence-corrected chi connectivity index (χ2v) is 4.56. The molecule has 1 aliphatic rings. The van der Waals surface area contributed by atoms with Crippen LogP contribution in [-0.2, 0) is 14.3 Å².